The maximum Gasteiger partial charge on any atom is 0.244 e. The molecule has 0 spiro atoms. The summed E-state index contributed by atoms with van der Waals surface area (Å²) < 4.78 is 29.4. The van der Waals surface area contributed by atoms with Crippen molar-refractivity contribution in [2.75, 3.05) is 31.1 Å². The van der Waals surface area contributed by atoms with Crippen LogP contribution in [0.2, 0.25) is 10.0 Å². The monoisotopic (exact) mass is 451 g/mol. The first-order chi connectivity index (χ1) is 13.9. The molecule has 0 aliphatic carbocycles. The van der Waals surface area contributed by atoms with E-state index in [4.69, 9.17) is 23.2 Å². The molecule has 7 nitrogen and oxygen atoms in total. The van der Waals surface area contributed by atoms with Gasteiger partial charge in [-0.1, -0.05) is 23.2 Å². The van der Waals surface area contributed by atoms with Crippen LogP contribution in [-0.2, 0) is 10.0 Å². The number of hydrogen-bond donors (Lipinski definition) is 0. The predicted molar refractivity (Wildman–Crippen MR) is 114 cm³/mol. The van der Waals surface area contributed by atoms with Crippen LogP contribution in [0, 0.1) is 6.92 Å². The largest absolute Gasteiger partial charge is 0.352 e. The van der Waals surface area contributed by atoms with Gasteiger partial charge in [0.2, 0.25) is 10.0 Å². The second-order valence-electron chi connectivity index (χ2n) is 6.76. The van der Waals surface area contributed by atoms with Crippen molar-refractivity contribution in [3.63, 3.8) is 0 Å². The van der Waals surface area contributed by atoms with Gasteiger partial charge in [0.1, 0.15) is 4.90 Å². The molecule has 1 fully saturated rings. The number of halogens is 2. The molecule has 4 rings (SSSR count). The molecule has 0 radical (unpaired) electrons. The number of rotatable bonds is 4. The van der Waals surface area contributed by atoms with Crippen molar-refractivity contribution < 1.29 is 8.42 Å². The third kappa shape index (κ3) is 3.98. The minimum absolute atomic E-state index is 0.0883. The lowest BCUT2D eigenvalue weighted by Crippen LogP contribution is -2.49. The number of aromatic nitrogens is 3. The van der Waals surface area contributed by atoms with E-state index in [9.17, 15) is 8.42 Å². The van der Waals surface area contributed by atoms with Crippen molar-refractivity contribution in [1.82, 2.24) is 19.1 Å². The first kappa shape index (κ1) is 20.2. The molecule has 0 amide bonds. The van der Waals surface area contributed by atoms with Crippen molar-refractivity contribution in [2.24, 2.45) is 0 Å². The Labute approximate surface area is 179 Å². The van der Waals surface area contributed by atoms with E-state index in [-0.39, 0.29) is 9.92 Å². The Kier molecular flexibility index (Phi) is 5.52. The van der Waals surface area contributed by atoms with Gasteiger partial charge in [-0.15, -0.1) is 10.2 Å². The number of piperazine rings is 1. The molecule has 1 aliphatic heterocycles. The van der Waals surface area contributed by atoms with E-state index in [0.29, 0.717) is 36.8 Å². The van der Waals surface area contributed by atoms with E-state index in [1.54, 1.807) is 6.92 Å². The van der Waals surface area contributed by atoms with Crippen LogP contribution < -0.4 is 4.90 Å². The molecule has 3 heterocycles. The molecule has 10 heteroatoms. The first-order valence-electron chi connectivity index (χ1n) is 9.04. The Morgan fingerprint density at radius 2 is 1.52 bits per heavy atom. The summed E-state index contributed by atoms with van der Waals surface area (Å²) in [5, 5.41) is 9.12. The molecule has 2 aromatic heterocycles. The van der Waals surface area contributed by atoms with Crippen LogP contribution in [-0.4, -0.2) is 53.7 Å². The van der Waals surface area contributed by atoms with Gasteiger partial charge in [-0.25, -0.2) is 8.42 Å². The third-order valence-electron chi connectivity index (χ3n) is 4.90. The smallest absolute Gasteiger partial charge is 0.244 e. The zero-order valence-corrected chi connectivity index (χ0v) is 18.0. The zero-order valence-electron chi connectivity index (χ0n) is 15.7. The van der Waals surface area contributed by atoms with Crippen LogP contribution in [0.1, 0.15) is 5.56 Å². The summed E-state index contributed by atoms with van der Waals surface area (Å²) in [6.45, 7) is 3.45. The number of hydrogen-bond acceptors (Lipinski definition) is 5. The molecule has 1 saturated heterocycles. The Balaban J connectivity index is 1.47. The van der Waals surface area contributed by atoms with E-state index in [1.807, 2.05) is 46.1 Å². The minimum atomic E-state index is -3.70. The number of nitrogens with zero attached hydrogens (tertiary/aromatic N) is 5. The van der Waals surface area contributed by atoms with Gasteiger partial charge in [0.25, 0.3) is 0 Å². The Morgan fingerprint density at radius 3 is 2.14 bits per heavy atom. The highest BCUT2D eigenvalue weighted by Gasteiger charge is 2.31. The average molecular weight is 452 g/mol. The SMILES string of the molecule is Cc1cc(S(=O)(=O)N2CCN(c3ccc(-n4cccc4)nn3)CC2)c(Cl)cc1Cl. The van der Waals surface area contributed by atoms with Crippen molar-refractivity contribution >= 4 is 39.0 Å². The minimum Gasteiger partial charge on any atom is -0.352 e. The Bertz CT molecular complexity index is 1110. The van der Waals surface area contributed by atoms with Crippen molar-refractivity contribution in [3.05, 3.63) is 64.4 Å². The van der Waals surface area contributed by atoms with Crippen LogP contribution in [0.15, 0.2) is 53.7 Å². The summed E-state index contributed by atoms with van der Waals surface area (Å²) in [5.41, 5.74) is 0.673. The standard InChI is InChI=1S/C19H19Cl2N5O2S/c1-14-12-17(16(21)13-15(14)20)29(27,28)26-10-8-25(9-11-26)19-5-4-18(22-23-19)24-6-2-3-7-24/h2-7,12-13H,8-11H2,1H3. The molecule has 1 aromatic carbocycles. The highest BCUT2D eigenvalue weighted by molar-refractivity contribution is 7.89. The van der Waals surface area contributed by atoms with E-state index < -0.39 is 10.0 Å². The van der Waals surface area contributed by atoms with Gasteiger partial charge >= 0.3 is 0 Å². The second kappa shape index (κ2) is 7.95. The molecule has 0 saturated carbocycles. The van der Waals surface area contributed by atoms with Crippen LogP contribution in [0.5, 0.6) is 0 Å². The number of benzene rings is 1. The molecular weight excluding hydrogens is 433 g/mol. The molecule has 152 valence electrons. The van der Waals surface area contributed by atoms with Crippen LogP contribution in [0.25, 0.3) is 5.82 Å². The highest BCUT2D eigenvalue weighted by Crippen LogP contribution is 2.31. The first-order valence-corrected chi connectivity index (χ1v) is 11.2. The summed E-state index contributed by atoms with van der Waals surface area (Å²) in [4.78, 5) is 2.11. The quantitative estimate of drug-likeness (QED) is 0.607. The van der Waals surface area contributed by atoms with Gasteiger partial charge in [-0.05, 0) is 48.9 Å². The highest BCUT2D eigenvalue weighted by atomic mass is 35.5. The molecule has 0 N–H and O–H groups in total. The topological polar surface area (TPSA) is 71.3 Å². The van der Waals surface area contributed by atoms with Gasteiger partial charge < -0.3 is 9.47 Å². The van der Waals surface area contributed by atoms with E-state index in [0.717, 1.165) is 11.6 Å². The van der Waals surface area contributed by atoms with Crippen LogP contribution in [0.4, 0.5) is 5.82 Å². The maximum absolute atomic E-state index is 13.0. The third-order valence-corrected chi connectivity index (χ3v) is 7.67. The second-order valence-corrected chi connectivity index (χ2v) is 9.48. The van der Waals surface area contributed by atoms with Crippen LogP contribution in [0.3, 0.4) is 0 Å². The lowest BCUT2D eigenvalue weighted by molar-refractivity contribution is 0.383. The normalized spacial score (nSPS) is 15.6. The maximum atomic E-state index is 13.0. The predicted octanol–water partition coefficient (Wildman–Crippen LogP) is 3.39. The van der Waals surface area contributed by atoms with E-state index in [2.05, 4.69) is 10.2 Å². The number of anilines is 1. The van der Waals surface area contributed by atoms with Gasteiger partial charge in [-0.3, -0.25) is 0 Å². The molecule has 0 atom stereocenters. The fourth-order valence-electron chi connectivity index (χ4n) is 3.24. The summed E-state index contributed by atoms with van der Waals surface area (Å²) >= 11 is 12.2. The number of sulfonamides is 1. The molecule has 0 unspecified atom stereocenters. The van der Waals surface area contributed by atoms with Gasteiger partial charge in [-0.2, -0.15) is 4.31 Å². The van der Waals surface area contributed by atoms with Gasteiger partial charge in [0.15, 0.2) is 11.6 Å². The fourth-order valence-corrected chi connectivity index (χ4v) is 5.47. The summed E-state index contributed by atoms with van der Waals surface area (Å²) in [6.07, 6.45) is 3.80. The summed E-state index contributed by atoms with van der Waals surface area (Å²) in [5.74, 6) is 1.45. The number of aryl methyl sites for hydroxylation is 1. The Hall–Kier alpha value is -2.13. The Morgan fingerprint density at radius 1 is 0.897 bits per heavy atom. The summed E-state index contributed by atoms with van der Waals surface area (Å²) in [7, 11) is -3.70. The average Bonchev–Trinajstić information content (AvgIpc) is 3.26. The molecule has 29 heavy (non-hydrogen) atoms. The van der Waals surface area contributed by atoms with E-state index in [1.165, 1.54) is 16.4 Å². The van der Waals surface area contributed by atoms with Gasteiger partial charge in [0.05, 0.1) is 5.02 Å². The van der Waals surface area contributed by atoms with Crippen molar-refractivity contribution in [3.8, 4) is 5.82 Å². The van der Waals surface area contributed by atoms with Crippen molar-refractivity contribution in [2.45, 2.75) is 11.8 Å². The molecular formula is C19H19Cl2N5O2S. The van der Waals surface area contributed by atoms with Crippen LogP contribution >= 0.6 is 23.2 Å². The zero-order chi connectivity index (χ0) is 20.6. The lowest BCUT2D eigenvalue weighted by atomic mass is 10.2. The molecule has 1 aliphatic rings. The lowest BCUT2D eigenvalue weighted by Gasteiger charge is -2.34. The van der Waals surface area contributed by atoms with Gasteiger partial charge in [0, 0.05) is 43.6 Å². The molecule has 3 aromatic rings. The van der Waals surface area contributed by atoms with Crippen molar-refractivity contribution in [1.29, 1.82) is 0 Å². The fraction of sp³-hybridized carbons (Fsp3) is 0.263. The van der Waals surface area contributed by atoms with E-state index >= 15 is 0 Å². The molecule has 0 bridgehead atoms. The summed E-state index contributed by atoms with van der Waals surface area (Å²) in [6, 6.07) is 10.6.